The molecule has 0 fully saturated rings. The number of methoxy groups -OCH3 is 1. The Morgan fingerprint density at radius 2 is 1.83 bits per heavy atom. The SMILES string of the molecule is CCNC(=NCCCOCCOC)NCCOCc1ccccc1. The van der Waals surface area contributed by atoms with Gasteiger partial charge in [0.1, 0.15) is 0 Å². The standard InChI is InChI=1S/C18H31N3O3/c1-3-19-18(20-10-7-12-23-15-14-22-2)21-11-13-24-16-17-8-5-4-6-9-17/h4-6,8-9H,3,7,10-16H2,1-2H3,(H2,19,20,21). The smallest absolute Gasteiger partial charge is 0.191 e. The second-order valence-electron chi connectivity index (χ2n) is 5.18. The normalized spacial score (nSPS) is 11.5. The van der Waals surface area contributed by atoms with Crippen molar-refractivity contribution >= 4 is 5.96 Å². The van der Waals surface area contributed by atoms with E-state index in [1.807, 2.05) is 18.2 Å². The van der Waals surface area contributed by atoms with E-state index in [1.54, 1.807) is 7.11 Å². The lowest BCUT2D eigenvalue weighted by Gasteiger charge is -2.11. The van der Waals surface area contributed by atoms with Crippen LogP contribution in [0.15, 0.2) is 35.3 Å². The van der Waals surface area contributed by atoms with Crippen LogP contribution in [0.3, 0.4) is 0 Å². The lowest BCUT2D eigenvalue weighted by molar-refractivity contribution is 0.0702. The number of nitrogens with one attached hydrogen (secondary N) is 2. The Balaban J connectivity index is 2.09. The van der Waals surface area contributed by atoms with E-state index >= 15 is 0 Å². The first kappa shape index (κ1) is 20.4. The molecule has 136 valence electrons. The highest BCUT2D eigenvalue weighted by atomic mass is 16.5. The predicted octanol–water partition coefficient (Wildman–Crippen LogP) is 1.81. The van der Waals surface area contributed by atoms with Gasteiger partial charge < -0.3 is 24.8 Å². The first-order chi connectivity index (χ1) is 11.9. The zero-order valence-corrected chi connectivity index (χ0v) is 14.9. The van der Waals surface area contributed by atoms with Gasteiger partial charge in [-0.05, 0) is 18.9 Å². The van der Waals surface area contributed by atoms with Crippen molar-refractivity contribution < 1.29 is 14.2 Å². The van der Waals surface area contributed by atoms with Gasteiger partial charge in [-0.15, -0.1) is 0 Å². The maximum atomic E-state index is 5.65. The Hall–Kier alpha value is -1.63. The fourth-order valence-corrected chi connectivity index (χ4v) is 1.95. The number of nitrogens with zero attached hydrogens (tertiary/aromatic N) is 1. The molecule has 0 spiro atoms. The van der Waals surface area contributed by atoms with Crippen LogP contribution in [-0.2, 0) is 20.8 Å². The zero-order chi connectivity index (χ0) is 17.3. The molecule has 1 aromatic carbocycles. The minimum Gasteiger partial charge on any atom is -0.382 e. The minimum atomic E-state index is 0.634. The zero-order valence-electron chi connectivity index (χ0n) is 14.9. The molecule has 2 N–H and O–H groups in total. The molecule has 1 rings (SSSR count). The van der Waals surface area contributed by atoms with Crippen LogP contribution < -0.4 is 10.6 Å². The molecule has 6 heteroatoms. The van der Waals surface area contributed by atoms with Crippen molar-refractivity contribution in [2.24, 2.45) is 4.99 Å². The van der Waals surface area contributed by atoms with Gasteiger partial charge in [0.05, 0.1) is 26.4 Å². The maximum absolute atomic E-state index is 5.65. The number of benzene rings is 1. The fourth-order valence-electron chi connectivity index (χ4n) is 1.95. The van der Waals surface area contributed by atoms with E-state index < -0.39 is 0 Å². The Kier molecular flexibility index (Phi) is 12.7. The number of aliphatic imine (C=N–C) groups is 1. The van der Waals surface area contributed by atoms with Gasteiger partial charge in [-0.1, -0.05) is 30.3 Å². The molecule has 0 atom stereocenters. The van der Waals surface area contributed by atoms with Crippen LogP contribution in [0.4, 0.5) is 0 Å². The summed E-state index contributed by atoms with van der Waals surface area (Å²) in [5.74, 6) is 0.817. The van der Waals surface area contributed by atoms with Crippen LogP contribution in [0.1, 0.15) is 18.9 Å². The van der Waals surface area contributed by atoms with Gasteiger partial charge in [-0.25, -0.2) is 0 Å². The van der Waals surface area contributed by atoms with Crippen molar-refractivity contribution in [1.82, 2.24) is 10.6 Å². The summed E-state index contributed by atoms with van der Waals surface area (Å²) in [6, 6.07) is 10.2. The molecule has 0 radical (unpaired) electrons. The number of guanidine groups is 1. The van der Waals surface area contributed by atoms with Crippen molar-refractivity contribution in [3.8, 4) is 0 Å². The van der Waals surface area contributed by atoms with Crippen molar-refractivity contribution in [2.75, 3.05) is 53.2 Å². The first-order valence-electron chi connectivity index (χ1n) is 8.57. The van der Waals surface area contributed by atoms with Gasteiger partial charge in [0, 0.05) is 33.4 Å². The molecule has 0 aliphatic rings. The van der Waals surface area contributed by atoms with Crippen LogP contribution in [-0.4, -0.2) is 59.1 Å². The van der Waals surface area contributed by atoms with E-state index in [0.29, 0.717) is 33.0 Å². The Morgan fingerprint density at radius 1 is 1.00 bits per heavy atom. The van der Waals surface area contributed by atoms with Crippen molar-refractivity contribution in [3.63, 3.8) is 0 Å². The molecular formula is C18H31N3O3. The van der Waals surface area contributed by atoms with Gasteiger partial charge >= 0.3 is 0 Å². The summed E-state index contributed by atoms with van der Waals surface area (Å²) in [4.78, 5) is 4.51. The fraction of sp³-hybridized carbons (Fsp3) is 0.611. The third-order valence-electron chi connectivity index (χ3n) is 3.14. The van der Waals surface area contributed by atoms with Gasteiger partial charge in [0.2, 0.25) is 0 Å². The van der Waals surface area contributed by atoms with E-state index in [9.17, 15) is 0 Å². The molecule has 0 unspecified atom stereocenters. The average Bonchev–Trinajstić information content (AvgIpc) is 2.61. The monoisotopic (exact) mass is 337 g/mol. The molecule has 0 heterocycles. The topological polar surface area (TPSA) is 64.1 Å². The lowest BCUT2D eigenvalue weighted by Crippen LogP contribution is -2.39. The van der Waals surface area contributed by atoms with Crippen LogP contribution in [0.25, 0.3) is 0 Å². The van der Waals surface area contributed by atoms with Crippen molar-refractivity contribution in [2.45, 2.75) is 20.0 Å². The number of hydrogen-bond acceptors (Lipinski definition) is 4. The van der Waals surface area contributed by atoms with Crippen LogP contribution >= 0.6 is 0 Å². The number of rotatable bonds is 13. The van der Waals surface area contributed by atoms with Crippen molar-refractivity contribution in [3.05, 3.63) is 35.9 Å². The summed E-state index contributed by atoms with van der Waals surface area (Å²) in [5, 5.41) is 6.50. The van der Waals surface area contributed by atoms with Gasteiger partial charge in [-0.2, -0.15) is 0 Å². The van der Waals surface area contributed by atoms with E-state index in [2.05, 4.69) is 34.7 Å². The summed E-state index contributed by atoms with van der Waals surface area (Å²) < 4.78 is 16.0. The largest absolute Gasteiger partial charge is 0.382 e. The van der Waals surface area contributed by atoms with Crippen LogP contribution in [0, 0.1) is 0 Å². The average molecular weight is 337 g/mol. The Labute approximate surface area is 145 Å². The Morgan fingerprint density at radius 3 is 2.58 bits per heavy atom. The maximum Gasteiger partial charge on any atom is 0.191 e. The summed E-state index contributed by atoms with van der Waals surface area (Å²) in [6.45, 7) is 7.59. The highest BCUT2D eigenvalue weighted by Gasteiger charge is 1.97. The second-order valence-corrected chi connectivity index (χ2v) is 5.18. The first-order valence-corrected chi connectivity index (χ1v) is 8.57. The van der Waals surface area contributed by atoms with Gasteiger partial charge in [-0.3, -0.25) is 4.99 Å². The van der Waals surface area contributed by atoms with Crippen LogP contribution in [0.2, 0.25) is 0 Å². The minimum absolute atomic E-state index is 0.634. The molecule has 0 amide bonds. The molecular weight excluding hydrogens is 306 g/mol. The highest BCUT2D eigenvalue weighted by molar-refractivity contribution is 5.79. The summed E-state index contributed by atoms with van der Waals surface area (Å²) in [6.07, 6.45) is 0.894. The molecule has 0 saturated heterocycles. The summed E-state index contributed by atoms with van der Waals surface area (Å²) in [7, 11) is 1.67. The third kappa shape index (κ3) is 11.0. The van der Waals surface area contributed by atoms with Gasteiger partial charge in [0.15, 0.2) is 5.96 Å². The number of ether oxygens (including phenoxy) is 3. The van der Waals surface area contributed by atoms with E-state index in [4.69, 9.17) is 14.2 Å². The molecule has 6 nitrogen and oxygen atoms in total. The second kappa shape index (κ2) is 14.9. The Bertz CT molecular complexity index is 427. The molecule has 24 heavy (non-hydrogen) atoms. The van der Waals surface area contributed by atoms with E-state index in [1.165, 1.54) is 5.56 Å². The highest BCUT2D eigenvalue weighted by Crippen LogP contribution is 1.99. The molecule has 0 aliphatic carbocycles. The molecule has 0 bridgehead atoms. The van der Waals surface area contributed by atoms with Gasteiger partial charge in [0.25, 0.3) is 0 Å². The summed E-state index contributed by atoms with van der Waals surface area (Å²) >= 11 is 0. The molecule has 1 aromatic rings. The molecule has 0 saturated carbocycles. The molecule has 0 aromatic heterocycles. The van der Waals surface area contributed by atoms with Crippen LogP contribution in [0.5, 0.6) is 0 Å². The quantitative estimate of drug-likeness (QED) is 0.326. The lowest BCUT2D eigenvalue weighted by atomic mass is 10.2. The van der Waals surface area contributed by atoms with Crippen molar-refractivity contribution in [1.29, 1.82) is 0 Å². The third-order valence-corrected chi connectivity index (χ3v) is 3.14. The summed E-state index contributed by atoms with van der Waals surface area (Å²) in [5.41, 5.74) is 1.19. The number of hydrogen-bond donors (Lipinski definition) is 2. The van der Waals surface area contributed by atoms with E-state index in [-0.39, 0.29) is 0 Å². The predicted molar refractivity (Wildman–Crippen MR) is 97.4 cm³/mol. The molecule has 0 aliphatic heterocycles. The van der Waals surface area contributed by atoms with E-state index in [0.717, 1.165) is 32.0 Å².